The van der Waals surface area contributed by atoms with E-state index in [1.807, 2.05) is 36.4 Å². The van der Waals surface area contributed by atoms with Gasteiger partial charge in [0.1, 0.15) is 17.4 Å². The van der Waals surface area contributed by atoms with Crippen molar-refractivity contribution in [1.82, 2.24) is 4.98 Å². The molecule has 4 heteroatoms. The maximum Gasteiger partial charge on any atom is 0.266 e. The van der Waals surface area contributed by atoms with Gasteiger partial charge in [0.25, 0.3) is 5.56 Å². The Morgan fingerprint density at radius 2 is 1.58 bits per heavy atom. The Morgan fingerprint density at radius 3 is 2.21 bits per heavy atom. The van der Waals surface area contributed by atoms with Gasteiger partial charge >= 0.3 is 0 Å². The molecule has 3 nitrogen and oxygen atoms in total. The lowest BCUT2D eigenvalue weighted by atomic mass is 9.97. The maximum atomic E-state index is 13.7. The first kappa shape index (κ1) is 15.7. The molecule has 0 aliphatic carbocycles. The van der Waals surface area contributed by atoms with Crippen molar-refractivity contribution in [3.05, 3.63) is 81.5 Å². The van der Waals surface area contributed by atoms with Crippen LogP contribution in [-0.2, 0) is 0 Å². The van der Waals surface area contributed by atoms with Gasteiger partial charge in [0, 0.05) is 11.3 Å². The zero-order chi connectivity index (χ0) is 17.3. The number of H-pyrrole nitrogens is 1. The largest absolute Gasteiger partial charge is 0.325 e. The highest BCUT2D eigenvalue weighted by molar-refractivity contribution is 5.74. The van der Waals surface area contributed by atoms with Crippen LogP contribution in [0.25, 0.3) is 22.3 Å². The number of nitrogens with zero attached hydrogens (tertiary/aromatic N) is 1. The fourth-order valence-electron chi connectivity index (χ4n) is 2.64. The summed E-state index contributed by atoms with van der Waals surface area (Å²) in [5.74, 6) is -0.242. The van der Waals surface area contributed by atoms with E-state index < -0.39 is 5.56 Å². The number of nitriles is 1. The first-order chi connectivity index (χ1) is 11.5. The number of aryl methyl sites for hydroxylation is 2. The molecule has 0 saturated carbocycles. The molecule has 1 N–H and O–H groups in total. The summed E-state index contributed by atoms with van der Waals surface area (Å²) < 4.78 is 13.7. The van der Waals surface area contributed by atoms with Crippen molar-refractivity contribution in [3.8, 4) is 28.3 Å². The number of hydrogen-bond acceptors (Lipinski definition) is 2. The molecule has 0 saturated heterocycles. The SMILES string of the molecule is Cc1cc(-c2ccc(-c3ccc(C)c(F)c3)cc2)c(C#N)c(=O)[nH]1. The molecule has 0 unspecified atom stereocenters. The summed E-state index contributed by atoms with van der Waals surface area (Å²) in [7, 11) is 0. The highest BCUT2D eigenvalue weighted by atomic mass is 19.1. The Kier molecular flexibility index (Phi) is 4.01. The van der Waals surface area contributed by atoms with E-state index in [9.17, 15) is 14.4 Å². The fraction of sp³-hybridized carbons (Fsp3) is 0.100. The van der Waals surface area contributed by atoms with Gasteiger partial charge in [0.05, 0.1) is 0 Å². The van der Waals surface area contributed by atoms with E-state index in [1.165, 1.54) is 6.07 Å². The summed E-state index contributed by atoms with van der Waals surface area (Å²) in [4.78, 5) is 14.5. The molecule has 2 aromatic carbocycles. The summed E-state index contributed by atoms with van der Waals surface area (Å²) >= 11 is 0. The van der Waals surface area contributed by atoms with Crippen LogP contribution in [0, 0.1) is 31.0 Å². The molecule has 1 heterocycles. The summed E-state index contributed by atoms with van der Waals surface area (Å²) in [6.45, 7) is 3.50. The van der Waals surface area contributed by atoms with Crippen LogP contribution < -0.4 is 5.56 Å². The summed E-state index contributed by atoms with van der Waals surface area (Å²) in [5, 5.41) is 9.23. The zero-order valence-corrected chi connectivity index (χ0v) is 13.4. The van der Waals surface area contributed by atoms with Crippen molar-refractivity contribution in [1.29, 1.82) is 5.26 Å². The number of halogens is 1. The highest BCUT2D eigenvalue weighted by Gasteiger charge is 2.10. The third kappa shape index (κ3) is 2.84. The Hall–Kier alpha value is -3.19. The molecular weight excluding hydrogens is 303 g/mol. The first-order valence-electron chi connectivity index (χ1n) is 7.50. The van der Waals surface area contributed by atoms with Crippen LogP contribution in [-0.4, -0.2) is 4.98 Å². The van der Waals surface area contributed by atoms with Crippen LogP contribution in [0.4, 0.5) is 4.39 Å². The van der Waals surface area contributed by atoms with Crippen molar-refractivity contribution >= 4 is 0 Å². The van der Waals surface area contributed by atoms with Crippen LogP contribution in [0.15, 0.2) is 53.3 Å². The Balaban J connectivity index is 2.06. The molecule has 0 spiro atoms. The van der Waals surface area contributed by atoms with E-state index in [-0.39, 0.29) is 11.4 Å². The normalized spacial score (nSPS) is 10.4. The number of aromatic nitrogens is 1. The minimum Gasteiger partial charge on any atom is -0.325 e. The number of aromatic amines is 1. The second kappa shape index (κ2) is 6.13. The van der Waals surface area contributed by atoms with Crippen molar-refractivity contribution in [3.63, 3.8) is 0 Å². The molecule has 0 fully saturated rings. The lowest BCUT2D eigenvalue weighted by Gasteiger charge is -2.08. The lowest BCUT2D eigenvalue weighted by molar-refractivity contribution is 0.619. The van der Waals surface area contributed by atoms with Gasteiger partial charge in [0.15, 0.2) is 0 Å². The van der Waals surface area contributed by atoms with E-state index in [2.05, 4.69) is 4.98 Å². The molecule has 0 amide bonds. The average molecular weight is 318 g/mol. The zero-order valence-electron chi connectivity index (χ0n) is 13.4. The van der Waals surface area contributed by atoms with Crippen LogP contribution in [0.1, 0.15) is 16.8 Å². The molecule has 0 bridgehead atoms. The van der Waals surface area contributed by atoms with Gasteiger partial charge in [-0.25, -0.2) is 4.39 Å². The van der Waals surface area contributed by atoms with Gasteiger partial charge in [-0.3, -0.25) is 4.79 Å². The van der Waals surface area contributed by atoms with Crippen molar-refractivity contribution in [2.75, 3.05) is 0 Å². The van der Waals surface area contributed by atoms with Crippen LogP contribution >= 0.6 is 0 Å². The first-order valence-corrected chi connectivity index (χ1v) is 7.50. The number of rotatable bonds is 2. The van der Waals surface area contributed by atoms with E-state index in [4.69, 9.17) is 0 Å². The van der Waals surface area contributed by atoms with Gasteiger partial charge in [-0.15, -0.1) is 0 Å². The van der Waals surface area contributed by atoms with E-state index in [0.717, 1.165) is 16.7 Å². The smallest absolute Gasteiger partial charge is 0.266 e. The number of benzene rings is 2. The van der Waals surface area contributed by atoms with E-state index in [0.29, 0.717) is 16.8 Å². The molecule has 118 valence electrons. The van der Waals surface area contributed by atoms with Gasteiger partial charge in [0.2, 0.25) is 0 Å². The Bertz CT molecular complexity index is 1010. The predicted molar refractivity (Wildman–Crippen MR) is 92.1 cm³/mol. The van der Waals surface area contributed by atoms with Crippen LogP contribution in [0.2, 0.25) is 0 Å². The minimum atomic E-state index is -0.391. The second-order valence-electron chi connectivity index (χ2n) is 5.72. The lowest BCUT2D eigenvalue weighted by Crippen LogP contribution is -2.12. The molecule has 0 atom stereocenters. The maximum absolute atomic E-state index is 13.7. The number of pyridine rings is 1. The summed E-state index contributed by atoms with van der Waals surface area (Å²) in [6, 6.07) is 16.2. The van der Waals surface area contributed by atoms with E-state index >= 15 is 0 Å². The summed E-state index contributed by atoms with van der Waals surface area (Å²) in [5.41, 5.74) is 4.03. The summed E-state index contributed by atoms with van der Waals surface area (Å²) in [6.07, 6.45) is 0. The minimum absolute atomic E-state index is 0.0923. The average Bonchev–Trinajstić information content (AvgIpc) is 2.57. The standard InChI is InChI=1S/C20H15FN2O/c1-12-3-4-16(10-19(12)21)14-5-7-15(8-6-14)17-9-13(2)23-20(24)18(17)11-22/h3-10H,1-2H3,(H,23,24). The van der Waals surface area contributed by atoms with E-state index in [1.54, 1.807) is 26.0 Å². The molecule has 1 aromatic heterocycles. The Labute approximate surface area is 139 Å². The second-order valence-corrected chi connectivity index (χ2v) is 5.72. The molecule has 3 aromatic rings. The fourth-order valence-corrected chi connectivity index (χ4v) is 2.64. The van der Waals surface area contributed by atoms with Crippen molar-refractivity contribution < 1.29 is 4.39 Å². The van der Waals surface area contributed by atoms with Crippen LogP contribution in [0.5, 0.6) is 0 Å². The molecular formula is C20H15FN2O. The topological polar surface area (TPSA) is 56.6 Å². The highest BCUT2D eigenvalue weighted by Crippen LogP contribution is 2.27. The molecule has 0 aliphatic rings. The van der Waals surface area contributed by atoms with Gasteiger partial charge in [-0.1, -0.05) is 36.4 Å². The molecule has 0 aliphatic heterocycles. The van der Waals surface area contributed by atoms with Gasteiger partial charge < -0.3 is 4.98 Å². The third-order valence-corrected chi connectivity index (χ3v) is 3.98. The van der Waals surface area contributed by atoms with Crippen molar-refractivity contribution in [2.24, 2.45) is 0 Å². The quantitative estimate of drug-likeness (QED) is 0.764. The van der Waals surface area contributed by atoms with Crippen LogP contribution in [0.3, 0.4) is 0 Å². The third-order valence-electron chi connectivity index (χ3n) is 3.98. The number of nitrogens with one attached hydrogen (secondary N) is 1. The molecule has 24 heavy (non-hydrogen) atoms. The predicted octanol–water partition coefficient (Wildman–Crippen LogP) is 4.34. The number of hydrogen-bond donors (Lipinski definition) is 1. The Morgan fingerprint density at radius 1 is 0.958 bits per heavy atom. The van der Waals surface area contributed by atoms with Gasteiger partial charge in [-0.2, -0.15) is 5.26 Å². The molecule has 3 rings (SSSR count). The molecule has 0 radical (unpaired) electrons. The van der Waals surface area contributed by atoms with Gasteiger partial charge in [-0.05, 0) is 48.2 Å². The van der Waals surface area contributed by atoms with Crippen molar-refractivity contribution in [2.45, 2.75) is 13.8 Å². The monoisotopic (exact) mass is 318 g/mol.